The Hall–Kier alpha value is -3.02. The molecule has 158 valence electrons. The van der Waals surface area contributed by atoms with Crippen LogP contribution in [0.25, 0.3) is 0 Å². The van der Waals surface area contributed by atoms with Crippen LogP contribution in [0.15, 0.2) is 48.5 Å². The highest BCUT2D eigenvalue weighted by atomic mass is 16.5. The van der Waals surface area contributed by atoms with Crippen molar-refractivity contribution in [1.82, 2.24) is 10.2 Å². The molecule has 1 heterocycles. The van der Waals surface area contributed by atoms with Crippen molar-refractivity contribution in [2.24, 2.45) is 0 Å². The molecule has 1 aliphatic carbocycles. The van der Waals surface area contributed by atoms with Crippen LogP contribution in [-0.2, 0) is 22.6 Å². The number of para-hydroxylation sites is 1. The minimum absolute atomic E-state index is 0.0653. The number of benzene rings is 2. The zero-order valence-corrected chi connectivity index (χ0v) is 17.3. The van der Waals surface area contributed by atoms with Crippen molar-refractivity contribution < 1.29 is 19.1 Å². The van der Waals surface area contributed by atoms with Crippen LogP contribution in [0.2, 0.25) is 0 Å². The van der Waals surface area contributed by atoms with Crippen molar-refractivity contribution in [2.75, 3.05) is 13.2 Å². The summed E-state index contributed by atoms with van der Waals surface area (Å²) in [6, 6.07) is 15.8. The molecule has 2 aromatic carbocycles. The van der Waals surface area contributed by atoms with E-state index in [9.17, 15) is 9.59 Å². The van der Waals surface area contributed by atoms with Gasteiger partial charge >= 0.3 is 0 Å². The van der Waals surface area contributed by atoms with Crippen LogP contribution in [0.4, 0.5) is 0 Å². The van der Waals surface area contributed by atoms with Gasteiger partial charge in [0.05, 0.1) is 6.54 Å². The summed E-state index contributed by atoms with van der Waals surface area (Å²) < 4.78 is 11.7. The summed E-state index contributed by atoms with van der Waals surface area (Å²) in [5.74, 6) is 1.52. The van der Waals surface area contributed by atoms with Gasteiger partial charge in [-0.2, -0.15) is 0 Å². The molecular weight excluding hydrogens is 380 g/mol. The van der Waals surface area contributed by atoms with Gasteiger partial charge in [-0.05, 0) is 49.9 Å². The Kier molecular flexibility index (Phi) is 6.21. The second kappa shape index (κ2) is 9.20. The van der Waals surface area contributed by atoms with Crippen LogP contribution >= 0.6 is 0 Å². The molecule has 1 saturated carbocycles. The van der Waals surface area contributed by atoms with Gasteiger partial charge in [0.25, 0.3) is 5.91 Å². The minimum atomic E-state index is -0.580. The first-order chi connectivity index (χ1) is 14.6. The van der Waals surface area contributed by atoms with Crippen molar-refractivity contribution in [2.45, 2.75) is 51.3 Å². The quantitative estimate of drug-likeness (QED) is 0.765. The van der Waals surface area contributed by atoms with Crippen molar-refractivity contribution in [3.8, 4) is 11.5 Å². The molecule has 0 spiro atoms. The number of carbonyl (C=O) groups is 2. The number of hydrogen-bond donors (Lipinski definition) is 1. The van der Waals surface area contributed by atoms with Gasteiger partial charge in [-0.3, -0.25) is 9.59 Å². The maximum Gasteiger partial charge on any atom is 0.263 e. The summed E-state index contributed by atoms with van der Waals surface area (Å²) in [7, 11) is 0. The first kappa shape index (κ1) is 20.3. The largest absolute Gasteiger partial charge is 0.491 e. The lowest BCUT2D eigenvalue weighted by Gasteiger charge is -2.24. The van der Waals surface area contributed by atoms with Crippen molar-refractivity contribution in [3.63, 3.8) is 0 Å². The highest BCUT2D eigenvalue weighted by Gasteiger charge is 2.26. The van der Waals surface area contributed by atoms with Gasteiger partial charge in [0.15, 0.2) is 6.10 Å². The average molecular weight is 408 g/mol. The lowest BCUT2D eigenvalue weighted by molar-refractivity contribution is -0.138. The van der Waals surface area contributed by atoms with Crippen LogP contribution in [0.3, 0.4) is 0 Å². The van der Waals surface area contributed by atoms with E-state index in [0.29, 0.717) is 44.3 Å². The number of fused-ring (bicyclic) bond motifs is 1. The molecule has 1 aliphatic heterocycles. The number of hydrogen-bond acceptors (Lipinski definition) is 4. The van der Waals surface area contributed by atoms with Crippen LogP contribution in [-0.4, -0.2) is 42.0 Å². The average Bonchev–Trinajstić information content (AvgIpc) is 3.58. The lowest BCUT2D eigenvalue weighted by atomic mass is 10.0. The summed E-state index contributed by atoms with van der Waals surface area (Å²) in [5.41, 5.74) is 2.04. The monoisotopic (exact) mass is 408 g/mol. The zero-order chi connectivity index (χ0) is 20.9. The summed E-state index contributed by atoms with van der Waals surface area (Å²) >= 11 is 0. The molecule has 2 aromatic rings. The fraction of sp³-hybridized carbons (Fsp3) is 0.417. The van der Waals surface area contributed by atoms with E-state index < -0.39 is 6.10 Å². The summed E-state index contributed by atoms with van der Waals surface area (Å²) in [6.07, 6.45) is 2.76. The molecule has 0 aromatic heterocycles. The molecule has 6 heteroatoms. The normalized spacial score (nSPS) is 16.6. The van der Waals surface area contributed by atoms with Gasteiger partial charge < -0.3 is 19.7 Å². The Labute approximate surface area is 177 Å². The molecular formula is C24H28N2O4. The number of aryl methyl sites for hydroxylation is 1. The highest BCUT2D eigenvalue weighted by molar-refractivity contribution is 5.81. The maximum absolute atomic E-state index is 13.0. The van der Waals surface area contributed by atoms with Crippen molar-refractivity contribution >= 4 is 11.8 Å². The Morgan fingerprint density at radius 3 is 2.77 bits per heavy atom. The van der Waals surface area contributed by atoms with Crippen LogP contribution in [0, 0.1) is 0 Å². The first-order valence-corrected chi connectivity index (χ1v) is 10.6. The third-order valence-electron chi connectivity index (χ3n) is 5.40. The predicted molar refractivity (Wildman–Crippen MR) is 113 cm³/mol. The Bertz CT molecular complexity index is 895. The molecule has 1 fully saturated rings. The van der Waals surface area contributed by atoms with Gasteiger partial charge in [-0.25, -0.2) is 0 Å². The number of carbonyl (C=O) groups excluding carboxylic acids is 2. The fourth-order valence-corrected chi connectivity index (χ4v) is 3.59. The van der Waals surface area contributed by atoms with Crippen LogP contribution in [0.1, 0.15) is 37.3 Å². The molecule has 0 saturated heterocycles. The summed E-state index contributed by atoms with van der Waals surface area (Å²) in [5, 5.41) is 3.02. The molecule has 2 aliphatic rings. The lowest BCUT2D eigenvalue weighted by Crippen LogP contribution is -2.41. The van der Waals surface area contributed by atoms with Crippen LogP contribution < -0.4 is 14.8 Å². The molecule has 1 N–H and O–H groups in total. The third kappa shape index (κ3) is 5.32. The number of nitrogens with one attached hydrogen (secondary N) is 1. The molecule has 6 nitrogen and oxygen atoms in total. The molecule has 1 atom stereocenters. The van der Waals surface area contributed by atoms with Gasteiger partial charge in [-0.15, -0.1) is 0 Å². The third-order valence-corrected chi connectivity index (χ3v) is 5.40. The second-order valence-electron chi connectivity index (χ2n) is 7.97. The van der Waals surface area contributed by atoms with E-state index in [1.807, 2.05) is 48.5 Å². The highest BCUT2D eigenvalue weighted by Crippen LogP contribution is 2.26. The van der Waals surface area contributed by atoms with E-state index in [0.717, 1.165) is 29.7 Å². The molecule has 4 rings (SSSR count). The number of amides is 2. The van der Waals surface area contributed by atoms with E-state index >= 15 is 0 Å². The van der Waals surface area contributed by atoms with Crippen molar-refractivity contribution in [3.05, 3.63) is 59.7 Å². The zero-order valence-electron chi connectivity index (χ0n) is 17.3. The molecule has 30 heavy (non-hydrogen) atoms. The van der Waals surface area contributed by atoms with Crippen molar-refractivity contribution in [1.29, 1.82) is 0 Å². The van der Waals surface area contributed by atoms with E-state index in [-0.39, 0.29) is 11.8 Å². The smallest absolute Gasteiger partial charge is 0.263 e. The van der Waals surface area contributed by atoms with Gasteiger partial charge in [0.1, 0.15) is 18.1 Å². The number of nitrogens with zero attached hydrogens (tertiary/aromatic N) is 1. The van der Waals surface area contributed by atoms with E-state index in [1.165, 1.54) is 0 Å². The van der Waals surface area contributed by atoms with Gasteiger partial charge in [0, 0.05) is 24.6 Å². The SMILES string of the molecule is CC(Oc1ccccc1)C(=O)N1CCOc2ccc(CCC(=O)NC3CC3)cc2C1. The summed E-state index contributed by atoms with van der Waals surface area (Å²) in [4.78, 5) is 26.7. The Morgan fingerprint density at radius 2 is 2.00 bits per heavy atom. The Balaban J connectivity index is 1.38. The predicted octanol–water partition coefficient (Wildman–Crippen LogP) is 3.09. The maximum atomic E-state index is 13.0. The first-order valence-electron chi connectivity index (χ1n) is 10.6. The van der Waals surface area contributed by atoms with E-state index in [2.05, 4.69) is 5.32 Å². The minimum Gasteiger partial charge on any atom is -0.491 e. The van der Waals surface area contributed by atoms with E-state index in [4.69, 9.17) is 9.47 Å². The number of rotatable bonds is 7. The molecule has 2 amide bonds. The van der Waals surface area contributed by atoms with Gasteiger partial charge in [0.2, 0.25) is 5.91 Å². The Morgan fingerprint density at radius 1 is 1.20 bits per heavy atom. The number of ether oxygens (including phenoxy) is 2. The molecule has 1 unspecified atom stereocenters. The summed E-state index contributed by atoms with van der Waals surface area (Å²) in [6.45, 7) is 3.20. The molecule has 0 bridgehead atoms. The van der Waals surface area contributed by atoms with Gasteiger partial charge in [-0.1, -0.05) is 30.3 Å². The second-order valence-corrected chi connectivity index (χ2v) is 7.97. The topological polar surface area (TPSA) is 67.9 Å². The van der Waals surface area contributed by atoms with E-state index in [1.54, 1.807) is 11.8 Å². The van der Waals surface area contributed by atoms with Crippen LogP contribution in [0.5, 0.6) is 11.5 Å². The standard InChI is InChI=1S/C24H28N2O4/c1-17(30-21-5-3-2-4-6-21)24(28)26-13-14-29-22-11-7-18(15-19(22)16-26)8-12-23(27)25-20-9-10-20/h2-7,11,15,17,20H,8-10,12-14,16H2,1H3,(H,25,27). The fourth-order valence-electron chi connectivity index (χ4n) is 3.59. The molecule has 0 radical (unpaired) electrons.